The molecule has 1 aliphatic rings. The van der Waals surface area contributed by atoms with Gasteiger partial charge in [-0.3, -0.25) is 0 Å². The van der Waals surface area contributed by atoms with Crippen LogP contribution in [0.1, 0.15) is 89.1 Å². The molecule has 1 fully saturated rings. The highest BCUT2D eigenvalue weighted by Gasteiger charge is 2.33. The van der Waals surface area contributed by atoms with E-state index in [2.05, 4.69) is 39.5 Å². The summed E-state index contributed by atoms with van der Waals surface area (Å²) in [5, 5.41) is 10.6. The fourth-order valence-electron chi connectivity index (χ4n) is 3.96. The van der Waals surface area contributed by atoms with E-state index < -0.39 is 5.60 Å². The molecule has 1 N–H and O–H groups in total. The minimum absolute atomic E-state index is 0.0107. The van der Waals surface area contributed by atoms with Crippen molar-refractivity contribution in [1.82, 2.24) is 0 Å². The molecule has 3 heteroatoms. The van der Waals surface area contributed by atoms with Gasteiger partial charge in [0.1, 0.15) is 11.7 Å². The van der Waals surface area contributed by atoms with E-state index in [0.29, 0.717) is 28.9 Å². The molecule has 1 unspecified atom stereocenters. The predicted octanol–water partition coefficient (Wildman–Crippen LogP) is 5.71. The summed E-state index contributed by atoms with van der Waals surface area (Å²) in [5.41, 5.74) is 0.0103. The molecule has 3 nitrogen and oxygen atoms in total. The number of ether oxygens (including phenoxy) is 1. The number of hydrogen-bond donors (Lipinski definition) is 1. The van der Waals surface area contributed by atoms with Crippen LogP contribution < -0.4 is 0 Å². The van der Waals surface area contributed by atoms with E-state index in [-0.39, 0.29) is 12.1 Å². The van der Waals surface area contributed by atoms with Crippen molar-refractivity contribution >= 4 is 5.97 Å². The number of carbonyl (C=O) groups is 1. The van der Waals surface area contributed by atoms with Gasteiger partial charge in [0, 0.05) is 6.42 Å². The van der Waals surface area contributed by atoms with Gasteiger partial charge in [-0.05, 0) is 61.6 Å². The van der Waals surface area contributed by atoms with Gasteiger partial charge in [0.2, 0.25) is 0 Å². The van der Waals surface area contributed by atoms with Gasteiger partial charge in [0.05, 0.1) is 5.56 Å². The van der Waals surface area contributed by atoms with Gasteiger partial charge in [0.15, 0.2) is 0 Å². The molecule has 1 aromatic rings. The van der Waals surface area contributed by atoms with Crippen molar-refractivity contribution in [3.63, 3.8) is 0 Å². The molecule has 0 radical (unpaired) electrons. The SMILES string of the molecule is CCCCC#CC(C)(O)c1ccc(C(=O)O[C@@H]2C[C@H](C)CC[C@H]2C(C)C)cc1. The average molecular weight is 385 g/mol. The van der Waals surface area contributed by atoms with Crippen molar-refractivity contribution in [2.45, 2.75) is 84.8 Å². The molecule has 0 spiro atoms. The number of esters is 1. The number of carbonyl (C=O) groups excluding carboxylic acids is 1. The minimum atomic E-state index is -1.21. The van der Waals surface area contributed by atoms with Crippen molar-refractivity contribution in [2.75, 3.05) is 0 Å². The Morgan fingerprint density at radius 3 is 2.57 bits per heavy atom. The molecular formula is C25H36O3. The molecule has 0 aliphatic heterocycles. The molecule has 0 saturated heterocycles. The lowest BCUT2D eigenvalue weighted by Crippen LogP contribution is -2.35. The maximum Gasteiger partial charge on any atom is 0.338 e. The van der Waals surface area contributed by atoms with E-state index in [4.69, 9.17) is 4.74 Å². The van der Waals surface area contributed by atoms with E-state index in [9.17, 15) is 9.90 Å². The second kappa shape index (κ2) is 10.1. The van der Waals surface area contributed by atoms with Crippen LogP contribution in [-0.4, -0.2) is 17.2 Å². The Hall–Kier alpha value is -1.79. The maximum atomic E-state index is 12.7. The molecular weight excluding hydrogens is 348 g/mol. The number of benzene rings is 1. The third-order valence-electron chi connectivity index (χ3n) is 5.89. The zero-order valence-electron chi connectivity index (χ0n) is 18.1. The Bertz CT molecular complexity index is 691. The fourth-order valence-corrected chi connectivity index (χ4v) is 3.96. The highest BCUT2D eigenvalue weighted by atomic mass is 16.5. The lowest BCUT2D eigenvalue weighted by Gasteiger charge is -2.36. The summed E-state index contributed by atoms with van der Waals surface area (Å²) in [6.45, 7) is 10.5. The number of hydrogen-bond acceptors (Lipinski definition) is 3. The summed E-state index contributed by atoms with van der Waals surface area (Å²) in [7, 11) is 0. The molecule has 1 saturated carbocycles. The van der Waals surface area contributed by atoms with Crippen molar-refractivity contribution in [2.24, 2.45) is 17.8 Å². The molecule has 0 amide bonds. The van der Waals surface area contributed by atoms with Crippen molar-refractivity contribution in [3.05, 3.63) is 35.4 Å². The van der Waals surface area contributed by atoms with E-state index in [1.54, 1.807) is 31.2 Å². The van der Waals surface area contributed by atoms with Gasteiger partial charge in [-0.1, -0.05) is 64.5 Å². The summed E-state index contributed by atoms with van der Waals surface area (Å²) < 4.78 is 5.91. The number of unbranched alkanes of at least 4 members (excludes halogenated alkanes) is 2. The van der Waals surface area contributed by atoms with Crippen LogP contribution in [0, 0.1) is 29.6 Å². The molecule has 0 aromatic heterocycles. The zero-order chi connectivity index (χ0) is 20.7. The van der Waals surface area contributed by atoms with Gasteiger partial charge < -0.3 is 9.84 Å². The van der Waals surface area contributed by atoms with Gasteiger partial charge in [-0.2, -0.15) is 0 Å². The normalized spacial score (nSPS) is 24.2. The van der Waals surface area contributed by atoms with Crippen LogP contribution >= 0.6 is 0 Å². The number of rotatable bonds is 6. The summed E-state index contributed by atoms with van der Waals surface area (Å²) in [6.07, 6.45) is 6.16. The Balaban J connectivity index is 2.05. The Morgan fingerprint density at radius 1 is 1.29 bits per heavy atom. The van der Waals surface area contributed by atoms with Gasteiger partial charge in [-0.15, -0.1) is 0 Å². The molecule has 0 bridgehead atoms. The molecule has 2 rings (SSSR count). The molecule has 0 heterocycles. The van der Waals surface area contributed by atoms with Gasteiger partial charge in [0.25, 0.3) is 0 Å². The van der Waals surface area contributed by atoms with Gasteiger partial charge >= 0.3 is 5.97 Å². The molecule has 1 aromatic carbocycles. The van der Waals surface area contributed by atoms with Crippen LogP contribution in [0.3, 0.4) is 0 Å². The second-order valence-electron chi connectivity index (χ2n) is 8.82. The number of aliphatic hydroxyl groups is 1. The average Bonchev–Trinajstić information content (AvgIpc) is 2.65. The summed E-state index contributed by atoms with van der Waals surface area (Å²) in [4.78, 5) is 12.7. The standard InChI is InChI=1S/C25H36O3/c1-6-7-8-9-16-25(5,27)21-13-11-20(12-14-21)24(26)28-23-17-19(4)10-15-22(23)18(2)3/h11-14,18-19,22-23,27H,6-8,10,15,17H2,1-5H3/t19-,22+,23-,25?/m1/s1. The topological polar surface area (TPSA) is 46.5 Å². The monoisotopic (exact) mass is 384 g/mol. The van der Waals surface area contributed by atoms with Crippen molar-refractivity contribution < 1.29 is 14.6 Å². The van der Waals surface area contributed by atoms with Crippen LogP contribution in [-0.2, 0) is 10.3 Å². The first-order chi connectivity index (χ1) is 13.2. The second-order valence-corrected chi connectivity index (χ2v) is 8.82. The highest BCUT2D eigenvalue weighted by Crippen LogP contribution is 2.35. The fraction of sp³-hybridized carbons (Fsp3) is 0.640. The Morgan fingerprint density at radius 2 is 1.96 bits per heavy atom. The van der Waals surface area contributed by atoms with Crippen molar-refractivity contribution in [1.29, 1.82) is 0 Å². The van der Waals surface area contributed by atoms with Crippen LogP contribution in [0.4, 0.5) is 0 Å². The maximum absolute atomic E-state index is 12.7. The van der Waals surface area contributed by atoms with Crippen molar-refractivity contribution in [3.8, 4) is 11.8 Å². The van der Waals surface area contributed by atoms with Crippen LogP contribution in [0.25, 0.3) is 0 Å². The molecule has 28 heavy (non-hydrogen) atoms. The third-order valence-corrected chi connectivity index (χ3v) is 5.89. The first kappa shape index (κ1) is 22.5. The zero-order valence-corrected chi connectivity index (χ0v) is 18.1. The summed E-state index contributed by atoms with van der Waals surface area (Å²) in [6, 6.07) is 7.01. The molecule has 154 valence electrons. The quantitative estimate of drug-likeness (QED) is 0.388. The van der Waals surface area contributed by atoms with Crippen LogP contribution in [0.2, 0.25) is 0 Å². The third kappa shape index (κ3) is 6.11. The highest BCUT2D eigenvalue weighted by molar-refractivity contribution is 5.89. The Kier molecular flexibility index (Phi) is 8.13. The van der Waals surface area contributed by atoms with E-state index in [0.717, 1.165) is 32.1 Å². The Labute approximate surface area is 170 Å². The van der Waals surface area contributed by atoms with E-state index >= 15 is 0 Å². The van der Waals surface area contributed by atoms with E-state index in [1.165, 1.54) is 6.42 Å². The van der Waals surface area contributed by atoms with Gasteiger partial charge in [-0.25, -0.2) is 4.79 Å². The smallest absolute Gasteiger partial charge is 0.338 e. The predicted molar refractivity (Wildman–Crippen MR) is 114 cm³/mol. The summed E-state index contributed by atoms with van der Waals surface area (Å²) >= 11 is 0. The largest absolute Gasteiger partial charge is 0.458 e. The lowest BCUT2D eigenvalue weighted by atomic mass is 9.75. The lowest BCUT2D eigenvalue weighted by molar-refractivity contribution is -0.0174. The van der Waals surface area contributed by atoms with Crippen LogP contribution in [0.15, 0.2) is 24.3 Å². The first-order valence-electron chi connectivity index (χ1n) is 10.8. The first-order valence-corrected chi connectivity index (χ1v) is 10.8. The molecule has 4 atom stereocenters. The van der Waals surface area contributed by atoms with Crippen LogP contribution in [0.5, 0.6) is 0 Å². The minimum Gasteiger partial charge on any atom is -0.458 e. The summed E-state index contributed by atoms with van der Waals surface area (Å²) in [5.74, 6) is 7.24. The van der Waals surface area contributed by atoms with E-state index in [1.807, 2.05) is 0 Å². The molecule has 1 aliphatic carbocycles.